The molecule has 5 nitrogen and oxygen atoms in total. The standard InChI is InChI=1S/C12H15NO4S/c1-6-3-9(18-10(6)12(15)16)11(14)13-8-4-7(8)5-17-2/h3,7-8H,4-5H2,1-2H3,(H,13,14)(H,15,16)/t7-,8+/m1/s1. The van der Waals surface area contributed by atoms with Crippen molar-refractivity contribution in [2.75, 3.05) is 13.7 Å². The minimum absolute atomic E-state index is 0.160. The van der Waals surface area contributed by atoms with Crippen molar-refractivity contribution in [3.8, 4) is 0 Å². The maximum absolute atomic E-state index is 11.9. The number of thiophene rings is 1. The molecule has 2 atom stereocenters. The number of carboxylic acid groups (broad SMARTS) is 1. The second-order valence-corrected chi connectivity index (χ2v) is 5.51. The maximum Gasteiger partial charge on any atom is 0.346 e. The fraction of sp³-hybridized carbons (Fsp3) is 0.500. The predicted molar refractivity (Wildman–Crippen MR) is 67.3 cm³/mol. The largest absolute Gasteiger partial charge is 0.477 e. The Kier molecular flexibility index (Phi) is 3.68. The van der Waals surface area contributed by atoms with Crippen molar-refractivity contribution in [1.82, 2.24) is 5.32 Å². The van der Waals surface area contributed by atoms with Crippen LogP contribution < -0.4 is 5.32 Å². The predicted octanol–water partition coefficient (Wildman–Crippen LogP) is 1.52. The lowest BCUT2D eigenvalue weighted by Gasteiger charge is -2.01. The van der Waals surface area contributed by atoms with Crippen molar-refractivity contribution < 1.29 is 19.4 Å². The fourth-order valence-electron chi connectivity index (χ4n) is 1.87. The average Bonchev–Trinajstić information content (AvgIpc) is 2.88. The van der Waals surface area contributed by atoms with Crippen LogP contribution in [0.2, 0.25) is 0 Å². The molecule has 1 saturated carbocycles. The number of aromatic carboxylic acids is 1. The van der Waals surface area contributed by atoms with Crippen LogP contribution in [0.15, 0.2) is 6.07 Å². The molecule has 6 heteroatoms. The Morgan fingerprint density at radius 3 is 2.89 bits per heavy atom. The van der Waals surface area contributed by atoms with E-state index in [2.05, 4.69) is 5.32 Å². The van der Waals surface area contributed by atoms with Gasteiger partial charge in [-0.05, 0) is 25.0 Å². The first-order valence-electron chi connectivity index (χ1n) is 5.66. The van der Waals surface area contributed by atoms with Crippen LogP contribution in [0.1, 0.15) is 31.3 Å². The Morgan fingerprint density at radius 1 is 1.61 bits per heavy atom. The lowest BCUT2D eigenvalue weighted by molar-refractivity contribution is 0.0701. The summed E-state index contributed by atoms with van der Waals surface area (Å²) in [6.07, 6.45) is 0.926. The van der Waals surface area contributed by atoms with Crippen molar-refractivity contribution in [2.24, 2.45) is 5.92 Å². The summed E-state index contributed by atoms with van der Waals surface area (Å²) in [6, 6.07) is 1.78. The van der Waals surface area contributed by atoms with E-state index in [4.69, 9.17) is 9.84 Å². The Labute approximate surface area is 109 Å². The van der Waals surface area contributed by atoms with Gasteiger partial charge in [-0.1, -0.05) is 0 Å². The summed E-state index contributed by atoms with van der Waals surface area (Å²) in [6.45, 7) is 2.34. The number of methoxy groups -OCH3 is 1. The summed E-state index contributed by atoms with van der Waals surface area (Å²) in [7, 11) is 1.64. The number of carboxylic acids is 1. The Hall–Kier alpha value is -1.40. The van der Waals surface area contributed by atoms with Gasteiger partial charge in [0, 0.05) is 19.1 Å². The summed E-state index contributed by atoms with van der Waals surface area (Å²) < 4.78 is 5.01. The van der Waals surface area contributed by atoms with Gasteiger partial charge in [-0.3, -0.25) is 4.79 Å². The van der Waals surface area contributed by atoms with E-state index in [-0.39, 0.29) is 16.8 Å². The van der Waals surface area contributed by atoms with Gasteiger partial charge in [-0.2, -0.15) is 0 Å². The van der Waals surface area contributed by atoms with Gasteiger partial charge in [-0.25, -0.2) is 4.79 Å². The van der Waals surface area contributed by atoms with Gasteiger partial charge in [0.1, 0.15) is 4.88 Å². The SMILES string of the molecule is COC[C@H]1C[C@@H]1NC(=O)c1cc(C)c(C(=O)O)s1. The molecular formula is C12H15NO4S. The van der Waals surface area contributed by atoms with E-state index in [9.17, 15) is 9.59 Å². The highest BCUT2D eigenvalue weighted by molar-refractivity contribution is 7.16. The molecule has 1 amide bonds. The molecule has 2 rings (SSSR count). The van der Waals surface area contributed by atoms with Crippen molar-refractivity contribution in [3.05, 3.63) is 21.4 Å². The quantitative estimate of drug-likeness (QED) is 0.849. The monoisotopic (exact) mass is 269 g/mol. The molecule has 1 aromatic rings. The van der Waals surface area contributed by atoms with Gasteiger partial charge in [-0.15, -0.1) is 11.3 Å². The summed E-state index contributed by atoms with van der Waals surface area (Å²) >= 11 is 1.02. The molecule has 2 N–H and O–H groups in total. The highest BCUT2D eigenvalue weighted by atomic mass is 32.1. The molecule has 0 aliphatic heterocycles. The summed E-state index contributed by atoms with van der Waals surface area (Å²) in [5.41, 5.74) is 0.627. The molecular weight excluding hydrogens is 254 g/mol. The highest BCUT2D eigenvalue weighted by Crippen LogP contribution is 2.31. The van der Waals surface area contributed by atoms with E-state index in [0.717, 1.165) is 17.8 Å². The van der Waals surface area contributed by atoms with Crippen LogP contribution >= 0.6 is 11.3 Å². The Morgan fingerprint density at radius 2 is 2.33 bits per heavy atom. The number of hydrogen-bond acceptors (Lipinski definition) is 4. The number of ether oxygens (including phenoxy) is 1. The molecule has 1 aliphatic rings. The van der Waals surface area contributed by atoms with Gasteiger partial charge < -0.3 is 15.2 Å². The number of amides is 1. The van der Waals surface area contributed by atoms with Crippen LogP contribution in [-0.2, 0) is 4.74 Å². The van der Waals surface area contributed by atoms with E-state index in [1.54, 1.807) is 20.1 Å². The number of nitrogens with one attached hydrogen (secondary N) is 1. The van der Waals surface area contributed by atoms with Crippen molar-refractivity contribution in [3.63, 3.8) is 0 Å². The zero-order valence-electron chi connectivity index (χ0n) is 10.2. The second-order valence-electron chi connectivity index (χ2n) is 4.46. The van der Waals surface area contributed by atoms with Crippen LogP contribution in [-0.4, -0.2) is 36.7 Å². The highest BCUT2D eigenvalue weighted by Gasteiger charge is 2.38. The molecule has 1 aromatic heterocycles. The molecule has 1 aliphatic carbocycles. The van der Waals surface area contributed by atoms with Gasteiger partial charge in [0.05, 0.1) is 11.5 Å². The first kappa shape index (κ1) is 13.0. The molecule has 98 valence electrons. The average molecular weight is 269 g/mol. The van der Waals surface area contributed by atoms with Gasteiger partial charge in [0.2, 0.25) is 0 Å². The Bertz CT molecular complexity index is 482. The van der Waals surface area contributed by atoms with Crippen molar-refractivity contribution in [2.45, 2.75) is 19.4 Å². The van der Waals surface area contributed by atoms with Crippen molar-refractivity contribution in [1.29, 1.82) is 0 Å². The topological polar surface area (TPSA) is 75.6 Å². The van der Waals surface area contributed by atoms with E-state index >= 15 is 0 Å². The molecule has 0 spiro atoms. The summed E-state index contributed by atoms with van der Waals surface area (Å²) in [5.74, 6) is -0.793. The lowest BCUT2D eigenvalue weighted by atomic mass is 10.2. The number of rotatable bonds is 5. The lowest BCUT2D eigenvalue weighted by Crippen LogP contribution is -2.26. The minimum Gasteiger partial charge on any atom is -0.477 e. The number of carbonyl (C=O) groups excluding carboxylic acids is 1. The van der Waals surface area contributed by atoms with Gasteiger partial charge >= 0.3 is 5.97 Å². The van der Waals surface area contributed by atoms with Crippen LogP contribution in [0.5, 0.6) is 0 Å². The van der Waals surface area contributed by atoms with Crippen LogP contribution in [0.3, 0.4) is 0 Å². The maximum atomic E-state index is 11.9. The van der Waals surface area contributed by atoms with Gasteiger partial charge in [0.15, 0.2) is 0 Å². The molecule has 1 fully saturated rings. The normalized spacial score (nSPS) is 21.7. The number of carbonyl (C=O) groups is 2. The van der Waals surface area contributed by atoms with Crippen LogP contribution in [0, 0.1) is 12.8 Å². The van der Waals surface area contributed by atoms with Crippen LogP contribution in [0.25, 0.3) is 0 Å². The second kappa shape index (κ2) is 5.07. The van der Waals surface area contributed by atoms with Crippen molar-refractivity contribution >= 4 is 23.2 Å². The first-order chi connectivity index (χ1) is 8.52. The Balaban J connectivity index is 1.98. The third kappa shape index (κ3) is 2.70. The molecule has 18 heavy (non-hydrogen) atoms. The zero-order chi connectivity index (χ0) is 13.3. The zero-order valence-corrected chi connectivity index (χ0v) is 11.0. The van der Waals surface area contributed by atoms with Gasteiger partial charge in [0.25, 0.3) is 5.91 Å². The molecule has 0 saturated heterocycles. The van der Waals surface area contributed by atoms with E-state index in [1.807, 2.05) is 0 Å². The first-order valence-corrected chi connectivity index (χ1v) is 6.48. The van der Waals surface area contributed by atoms with E-state index in [1.165, 1.54) is 0 Å². The molecule has 0 aromatic carbocycles. The number of aryl methyl sites for hydroxylation is 1. The van der Waals surface area contributed by atoms with E-state index < -0.39 is 5.97 Å². The number of hydrogen-bond donors (Lipinski definition) is 2. The molecule has 1 heterocycles. The summed E-state index contributed by atoms with van der Waals surface area (Å²) in [5, 5.41) is 11.8. The van der Waals surface area contributed by atoms with Crippen LogP contribution in [0.4, 0.5) is 0 Å². The molecule has 0 bridgehead atoms. The third-order valence-electron chi connectivity index (χ3n) is 2.96. The van der Waals surface area contributed by atoms with E-state index in [0.29, 0.717) is 23.0 Å². The smallest absolute Gasteiger partial charge is 0.346 e. The molecule has 0 radical (unpaired) electrons. The summed E-state index contributed by atoms with van der Waals surface area (Å²) in [4.78, 5) is 23.5. The molecule has 0 unspecified atom stereocenters. The fourth-order valence-corrected chi connectivity index (χ4v) is 2.78. The third-order valence-corrected chi connectivity index (χ3v) is 4.18. The minimum atomic E-state index is -0.986.